The van der Waals surface area contributed by atoms with Crippen LogP contribution in [-0.2, 0) is 0 Å². The van der Waals surface area contributed by atoms with Crippen molar-refractivity contribution >= 4 is 23.4 Å². The van der Waals surface area contributed by atoms with Gasteiger partial charge in [-0.15, -0.1) is 10.2 Å². The molecule has 0 N–H and O–H groups in total. The Kier molecular flexibility index (Phi) is 3.90. The summed E-state index contributed by atoms with van der Waals surface area (Å²) in [6.07, 6.45) is 3.42. The summed E-state index contributed by atoms with van der Waals surface area (Å²) < 4.78 is 5.67. The predicted molar refractivity (Wildman–Crippen MR) is 82.3 cm³/mol. The Morgan fingerprint density at radius 3 is 2.52 bits per heavy atom. The van der Waals surface area contributed by atoms with Gasteiger partial charge in [0.1, 0.15) is 0 Å². The molecule has 0 fully saturated rings. The lowest BCUT2D eigenvalue weighted by atomic mass is 10.1. The molecule has 0 aliphatic carbocycles. The van der Waals surface area contributed by atoms with Crippen molar-refractivity contribution in [2.75, 3.05) is 6.26 Å². The minimum atomic E-state index is 0.285. The molecule has 5 nitrogen and oxygen atoms in total. The summed E-state index contributed by atoms with van der Waals surface area (Å²) in [4.78, 5) is 8.39. The highest BCUT2D eigenvalue weighted by atomic mass is 35.5. The van der Waals surface area contributed by atoms with Crippen LogP contribution in [0.1, 0.15) is 5.56 Å². The van der Waals surface area contributed by atoms with Gasteiger partial charge in [-0.2, -0.15) is 0 Å². The molecule has 3 rings (SSSR count). The monoisotopic (exact) mass is 318 g/mol. The predicted octanol–water partition coefficient (Wildman–Crippen LogP) is 3.88. The Morgan fingerprint density at radius 1 is 1.10 bits per heavy atom. The van der Waals surface area contributed by atoms with Crippen LogP contribution in [0.25, 0.3) is 23.0 Å². The van der Waals surface area contributed by atoms with Crippen molar-refractivity contribution in [3.63, 3.8) is 0 Å². The number of hydrogen-bond acceptors (Lipinski definition) is 6. The van der Waals surface area contributed by atoms with Crippen LogP contribution in [0.2, 0.25) is 5.02 Å². The molecule has 0 bridgehead atoms. The third kappa shape index (κ3) is 2.91. The minimum absolute atomic E-state index is 0.285. The summed E-state index contributed by atoms with van der Waals surface area (Å²) in [5.74, 6) is 0.721. The van der Waals surface area contributed by atoms with Crippen molar-refractivity contribution < 1.29 is 4.42 Å². The first kappa shape index (κ1) is 14.0. The van der Waals surface area contributed by atoms with Gasteiger partial charge in [-0.25, -0.2) is 9.97 Å². The topological polar surface area (TPSA) is 64.7 Å². The number of aryl methyl sites for hydroxylation is 1. The molecule has 0 atom stereocenters. The number of rotatable bonds is 3. The zero-order valence-electron chi connectivity index (χ0n) is 11.4. The highest BCUT2D eigenvalue weighted by Crippen LogP contribution is 2.28. The fourth-order valence-corrected chi connectivity index (χ4v) is 2.24. The van der Waals surface area contributed by atoms with Crippen LogP contribution < -0.4 is 0 Å². The van der Waals surface area contributed by atoms with Gasteiger partial charge in [-0.1, -0.05) is 41.1 Å². The van der Waals surface area contributed by atoms with Gasteiger partial charge in [0.15, 0.2) is 10.9 Å². The van der Waals surface area contributed by atoms with E-state index in [0.717, 1.165) is 5.56 Å². The maximum atomic E-state index is 6.10. The maximum absolute atomic E-state index is 6.10. The smallest absolute Gasteiger partial charge is 0.268 e. The summed E-state index contributed by atoms with van der Waals surface area (Å²) in [5.41, 5.74) is 2.47. The molecule has 0 amide bonds. The summed E-state index contributed by atoms with van der Waals surface area (Å²) in [6.45, 7) is 2.02. The number of thioether (sulfide) groups is 1. The van der Waals surface area contributed by atoms with E-state index < -0.39 is 0 Å². The molecule has 2 heterocycles. The van der Waals surface area contributed by atoms with E-state index in [1.807, 2.05) is 37.4 Å². The second-order valence-corrected chi connectivity index (χ2v) is 5.51. The lowest BCUT2D eigenvalue weighted by Crippen LogP contribution is -1.91. The highest BCUT2D eigenvalue weighted by Gasteiger charge is 2.16. The Morgan fingerprint density at radius 2 is 1.81 bits per heavy atom. The van der Waals surface area contributed by atoms with E-state index in [1.165, 1.54) is 23.5 Å². The SMILES string of the molecule is CSc1ncc(Cl)c(-c2nnc(-c3ccc(C)cc3)o2)n1. The fourth-order valence-electron chi connectivity index (χ4n) is 1.73. The number of aromatic nitrogens is 4. The van der Waals surface area contributed by atoms with Crippen molar-refractivity contribution in [1.29, 1.82) is 0 Å². The van der Waals surface area contributed by atoms with E-state index in [0.29, 0.717) is 21.8 Å². The van der Waals surface area contributed by atoms with Crippen LogP contribution in [0.4, 0.5) is 0 Å². The molecule has 7 heteroatoms. The minimum Gasteiger partial charge on any atom is -0.415 e. The van der Waals surface area contributed by atoms with Crippen LogP contribution in [0.5, 0.6) is 0 Å². The van der Waals surface area contributed by atoms with E-state index in [9.17, 15) is 0 Å². The molecular formula is C14H11ClN4OS. The van der Waals surface area contributed by atoms with Crippen molar-refractivity contribution in [2.24, 2.45) is 0 Å². The molecule has 0 radical (unpaired) electrons. The number of nitrogens with zero attached hydrogens (tertiary/aromatic N) is 4. The Bertz CT molecular complexity index is 773. The molecule has 0 spiro atoms. The third-order valence-corrected chi connectivity index (χ3v) is 3.67. The van der Waals surface area contributed by atoms with Gasteiger partial charge >= 0.3 is 0 Å². The molecular weight excluding hydrogens is 308 g/mol. The molecule has 106 valence electrons. The molecule has 1 aromatic carbocycles. The largest absolute Gasteiger partial charge is 0.415 e. The van der Waals surface area contributed by atoms with Gasteiger partial charge in [0.2, 0.25) is 5.89 Å². The molecule has 21 heavy (non-hydrogen) atoms. The number of benzene rings is 1. The summed E-state index contributed by atoms with van der Waals surface area (Å²) in [6, 6.07) is 7.84. The molecule has 0 aliphatic rings. The lowest BCUT2D eigenvalue weighted by molar-refractivity contribution is 0.581. The quantitative estimate of drug-likeness (QED) is 0.539. The van der Waals surface area contributed by atoms with E-state index in [-0.39, 0.29) is 5.89 Å². The summed E-state index contributed by atoms with van der Waals surface area (Å²) >= 11 is 7.52. The molecule has 0 aliphatic heterocycles. The molecule has 0 saturated heterocycles. The highest BCUT2D eigenvalue weighted by molar-refractivity contribution is 7.98. The molecule has 2 aromatic heterocycles. The molecule has 0 unspecified atom stereocenters. The first-order valence-electron chi connectivity index (χ1n) is 6.15. The van der Waals surface area contributed by atoms with Crippen LogP contribution in [0.15, 0.2) is 40.0 Å². The Balaban J connectivity index is 2.00. The Labute approximate surface area is 130 Å². The summed E-state index contributed by atoms with van der Waals surface area (Å²) in [5, 5.41) is 9.05. The lowest BCUT2D eigenvalue weighted by Gasteiger charge is -2.00. The van der Waals surface area contributed by atoms with E-state index in [1.54, 1.807) is 0 Å². The molecule has 0 saturated carbocycles. The first-order valence-corrected chi connectivity index (χ1v) is 7.75. The first-order chi connectivity index (χ1) is 10.2. The van der Waals surface area contributed by atoms with Gasteiger partial charge < -0.3 is 4.42 Å². The van der Waals surface area contributed by atoms with Gasteiger partial charge in [-0.3, -0.25) is 0 Å². The van der Waals surface area contributed by atoms with Gasteiger partial charge in [0.25, 0.3) is 5.89 Å². The third-order valence-electron chi connectivity index (χ3n) is 2.83. The summed E-state index contributed by atoms with van der Waals surface area (Å²) in [7, 11) is 0. The second-order valence-electron chi connectivity index (χ2n) is 4.33. The average Bonchev–Trinajstić information content (AvgIpc) is 2.98. The van der Waals surface area contributed by atoms with Gasteiger partial charge in [-0.05, 0) is 25.3 Å². The van der Waals surface area contributed by atoms with Crippen molar-refractivity contribution in [3.05, 3.63) is 41.0 Å². The van der Waals surface area contributed by atoms with E-state index >= 15 is 0 Å². The Hall–Kier alpha value is -1.92. The van der Waals surface area contributed by atoms with Crippen LogP contribution in [0, 0.1) is 6.92 Å². The van der Waals surface area contributed by atoms with Gasteiger partial charge in [0.05, 0.1) is 11.2 Å². The van der Waals surface area contributed by atoms with Crippen LogP contribution in [-0.4, -0.2) is 26.4 Å². The zero-order valence-corrected chi connectivity index (χ0v) is 12.9. The van der Waals surface area contributed by atoms with Gasteiger partial charge in [0, 0.05) is 5.56 Å². The average molecular weight is 319 g/mol. The standard InChI is InChI=1S/C14H11ClN4OS/c1-8-3-5-9(6-4-8)12-18-19-13(20-12)11-10(15)7-16-14(17-11)21-2/h3-7H,1-2H3. The zero-order chi connectivity index (χ0) is 14.8. The van der Waals surface area contributed by atoms with Crippen molar-refractivity contribution in [2.45, 2.75) is 12.1 Å². The van der Waals surface area contributed by atoms with E-state index in [2.05, 4.69) is 20.2 Å². The second kappa shape index (κ2) is 5.83. The normalized spacial score (nSPS) is 10.8. The number of halogens is 1. The van der Waals surface area contributed by atoms with Crippen LogP contribution >= 0.6 is 23.4 Å². The number of hydrogen-bond donors (Lipinski definition) is 0. The van der Waals surface area contributed by atoms with Crippen molar-refractivity contribution in [3.8, 4) is 23.0 Å². The fraction of sp³-hybridized carbons (Fsp3) is 0.143. The van der Waals surface area contributed by atoms with E-state index in [4.69, 9.17) is 16.0 Å². The van der Waals surface area contributed by atoms with Crippen LogP contribution in [0.3, 0.4) is 0 Å². The maximum Gasteiger partial charge on any atom is 0.268 e. The van der Waals surface area contributed by atoms with Crippen molar-refractivity contribution in [1.82, 2.24) is 20.2 Å². The molecule has 3 aromatic rings.